The van der Waals surface area contributed by atoms with Crippen LogP contribution in [0.25, 0.3) is 10.4 Å². The number of hydrogen-bond acceptors (Lipinski definition) is 4. The maximum Gasteiger partial charge on any atom is 0.326 e. The molecule has 1 aliphatic carbocycles. The standard InChI is InChI=1S/C11H20N4O2/c1-8(2)9-6-11(7-9,10(16)17-3)13-4-5-14-15-12/h8-9,13H,4-7H2,1-3H3. The Hall–Kier alpha value is -1.26. The van der Waals surface area contributed by atoms with Crippen LogP contribution < -0.4 is 5.32 Å². The molecule has 6 heteroatoms. The Balaban J connectivity index is 2.52. The zero-order valence-corrected chi connectivity index (χ0v) is 10.6. The minimum absolute atomic E-state index is 0.213. The van der Waals surface area contributed by atoms with Crippen molar-refractivity contribution in [2.45, 2.75) is 32.2 Å². The summed E-state index contributed by atoms with van der Waals surface area (Å²) in [5.74, 6) is 0.920. The second kappa shape index (κ2) is 5.89. The highest BCUT2D eigenvalue weighted by molar-refractivity contribution is 5.82. The lowest BCUT2D eigenvalue weighted by molar-refractivity contribution is -0.156. The largest absolute Gasteiger partial charge is 0.468 e. The van der Waals surface area contributed by atoms with E-state index in [1.807, 2.05) is 0 Å². The van der Waals surface area contributed by atoms with E-state index in [9.17, 15) is 4.79 Å². The minimum atomic E-state index is -0.561. The van der Waals surface area contributed by atoms with Crippen LogP contribution in [0.4, 0.5) is 0 Å². The highest BCUT2D eigenvalue weighted by atomic mass is 16.5. The molecule has 1 aliphatic rings. The summed E-state index contributed by atoms with van der Waals surface area (Å²) in [6, 6.07) is 0. The summed E-state index contributed by atoms with van der Waals surface area (Å²) in [5, 5.41) is 6.60. The SMILES string of the molecule is COC(=O)C1(NCCN=[N+]=[N-])CC(C(C)C)C1. The molecule has 0 unspecified atom stereocenters. The number of carbonyl (C=O) groups is 1. The van der Waals surface area contributed by atoms with Crippen LogP contribution in [0.5, 0.6) is 0 Å². The van der Waals surface area contributed by atoms with Gasteiger partial charge in [-0.05, 0) is 30.2 Å². The predicted octanol–water partition coefficient (Wildman–Crippen LogP) is 1.86. The molecule has 0 aromatic carbocycles. The van der Waals surface area contributed by atoms with Crippen molar-refractivity contribution in [1.82, 2.24) is 5.32 Å². The Labute approximate surface area is 101 Å². The smallest absolute Gasteiger partial charge is 0.326 e. The van der Waals surface area contributed by atoms with E-state index < -0.39 is 5.54 Å². The zero-order valence-electron chi connectivity index (χ0n) is 10.6. The van der Waals surface area contributed by atoms with Crippen LogP contribution in [0.15, 0.2) is 5.11 Å². The van der Waals surface area contributed by atoms with E-state index in [0.29, 0.717) is 24.9 Å². The summed E-state index contributed by atoms with van der Waals surface area (Å²) in [5.41, 5.74) is 7.62. The quantitative estimate of drug-likeness (QED) is 0.253. The minimum Gasteiger partial charge on any atom is -0.468 e. The van der Waals surface area contributed by atoms with E-state index >= 15 is 0 Å². The Kier molecular flexibility index (Phi) is 4.78. The molecule has 0 saturated heterocycles. The van der Waals surface area contributed by atoms with E-state index in [2.05, 4.69) is 29.2 Å². The van der Waals surface area contributed by atoms with Gasteiger partial charge < -0.3 is 10.1 Å². The Morgan fingerprint density at radius 3 is 2.76 bits per heavy atom. The summed E-state index contributed by atoms with van der Waals surface area (Å²) in [7, 11) is 1.40. The van der Waals surface area contributed by atoms with Crippen LogP contribution in [0.3, 0.4) is 0 Å². The first kappa shape index (κ1) is 13.8. The number of carbonyl (C=O) groups excluding carboxylic acids is 1. The van der Waals surface area contributed by atoms with Gasteiger partial charge in [-0.1, -0.05) is 19.0 Å². The van der Waals surface area contributed by atoms with Crippen molar-refractivity contribution < 1.29 is 9.53 Å². The molecule has 0 aliphatic heterocycles. The van der Waals surface area contributed by atoms with Gasteiger partial charge >= 0.3 is 5.97 Å². The summed E-state index contributed by atoms with van der Waals surface area (Å²) >= 11 is 0. The molecule has 1 fully saturated rings. The second-order valence-electron chi connectivity index (χ2n) is 4.87. The monoisotopic (exact) mass is 240 g/mol. The van der Waals surface area contributed by atoms with Crippen molar-refractivity contribution in [3.63, 3.8) is 0 Å². The summed E-state index contributed by atoms with van der Waals surface area (Å²) in [6.07, 6.45) is 1.60. The summed E-state index contributed by atoms with van der Waals surface area (Å²) < 4.78 is 4.84. The van der Waals surface area contributed by atoms with Gasteiger partial charge in [-0.15, -0.1) is 0 Å². The molecule has 1 rings (SSSR count). The molecule has 1 saturated carbocycles. The van der Waals surface area contributed by atoms with Gasteiger partial charge in [-0.2, -0.15) is 0 Å². The Morgan fingerprint density at radius 1 is 1.65 bits per heavy atom. The van der Waals surface area contributed by atoms with E-state index in [0.717, 1.165) is 12.8 Å². The van der Waals surface area contributed by atoms with Gasteiger partial charge in [-0.25, -0.2) is 0 Å². The molecule has 0 aromatic rings. The molecule has 0 heterocycles. The number of nitrogens with zero attached hydrogens (tertiary/aromatic N) is 3. The van der Waals surface area contributed by atoms with Crippen molar-refractivity contribution in [2.24, 2.45) is 17.0 Å². The van der Waals surface area contributed by atoms with Crippen molar-refractivity contribution in [3.8, 4) is 0 Å². The first-order valence-electron chi connectivity index (χ1n) is 5.90. The molecule has 6 nitrogen and oxygen atoms in total. The predicted molar refractivity (Wildman–Crippen MR) is 64.3 cm³/mol. The van der Waals surface area contributed by atoms with Crippen molar-refractivity contribution in [2.75, 3.05) is 20.2 Å². The lowest BCUT2D eigenvalue weighted by Crippen LogP contribution is -2.62. The third-order valence-electron chi connectivity index (χ3n) is 3.48. The van der Waals surface area contributed by atoms with Crippen LogP contribution >= 0.6 is 0 Å². The normalized spacial score (nSPS) is 27.2. The average molecular weight is 240 g/mol. The van der Waals surface area contributed by atoms with E-state index in [1.54, 1.807) is 0 Å². The van der Waals surface area contributed by atoms with E-state index in [4.69, 9.17) is 10.3 Å². The van der Waals surface area contributed by atoms with Gasteiger partial charge in [0.25, 0.3) is 0 Å². The van der Waals surface area contributed by atoms with Crippen LogP contribution in [0.2, 0.25) is 0 Å². The van der Waals surface area contributed by atoms with Gasteiger partial charge in [0.05, 0.1) is 7.11 Å². The summed E-state index contributed by atoms with van der Waals surface area (Å²) in [4.78, 5) is 14.4. The maximum absolute atomic E-state index is 11.8. The third kappa shape index (κ3) is 3.11. The number of azide groups is 1. The topological polar surface area (TPSA) is 87.1 Å². The van der Waals surface area contributed by atoms with Crippen LogP contribution in [0, 0.1) is 11.8 Å². The lowest BCUT2D eigenvalue weighted by atomic mass is 9.64. The molecular weight excluding hydrogens is 220 g/mol. The summed E-state index contributed by atoms with van der Waals surface area (Å²) in [6.45, 7) is 5.17. The number of esters is 1. The molecule has 96 valence electrons. The fraction of sp³-hybridized carbons (Fsp3) is 0.909. The highest BCUT2D eigenvalue weighted by Gasteiger charge is 2.51. The van der Waals surface area contributed by atoms with E-state index in [-0.39, 0.29) is 5.97 Å². The van der Waals surface area contributed by atoms with Gasteiger partial charge in [-0.3, -0.25) is 4.79 Å². The van der Waals surface area contributed by atoms with Crippen molar-refractivity contribution in [1.29, 1.82) is 0 Å². The van der Waals surface area contributed by atoms with Gasteiger partial charge in [0.15, 0.2) is 0 Å². The molecule has 0 amide bonds. The van der Waals surface area contributed by atoms with Crippen molar-refractivity contribution >= 4 is 5.97 Å². The molecule has 0 radical (unpaired) electrons. The zero-order chi connectivity index (χ0) is 12.9. The number of rotatable bonds is 6. The second-order valence-corrected chi connectivity index (χ2v) is 4.87. The molecule has 0 bridgehead atoms. The number of methoxy groups -OCH3 is 1. The van der Waals surface area contributed by atoms with Crippen LogP contribution in [-0.2, 0) is 9.53 Å². The number of nitrogens with one attached hydrogen (secondary N) is 1. The maximum atomic E-state index is 11.8. The van der Waals surface area contributed by atoms with Gasteiger partial charge in [0.1, 0.15) is 5.54 Å². The molecular formula is C11H20N4O2. The third-order valence-corrected chi connectivity index (χ3v) is 3.48. The van der Waals surface area contributed by atoms with Crippen LogP contribution in [0.1, 0.15) is 26.7 Å². The fourth-order valence-corrected chi connectivity index (χ4v) is 2.28. The first-order chi connectivity index (χ1) is 8.05. The van der Waals surface area contributed by atoms with Crippen molar-refractivity contribution in [3.05, 3.63) is 10.4 Å². The highest BCUT2D eigenvalue weighted by Crippen LogP contribution is 2.42. The molecule has 0 spiro atoms. The number of ether oxygens (including phenoxy) is 1. The Morgan fingerprint density at radius 2 is 2.29 bits per heavy atom. The van der Waals surface area contributed by atoms with Gasteiger partial charge in [0.2, 0.25) is 0 Å². The van der Waals surface area contributed by atoms with E-state index in [1.165, 1.54) is 7.11 Å². The lowest BCUT2D eigenvalue weighted by Gasteiger charge is -2.47. The molecule has 1 N–H and O–H groups in total. The molecule has 17 heavy (non-hydrogen) atoms. The first-order valence-corrected chi connectivity index (χ1v) is 5.90. The van der Waals surface area contributed by atoms with Crippen LogP contribution in [-0.4, -0.2) is 31.7 Å². The fourth-order valence-electron chi connectivity index (χ4n) is 2.28. The number of hydrogen-bond donors (Lipinski definition) is 1. The van der Waals surface area contributed by atoms with Gasteiger partial charge in [0, 0.05) is 18.0 Å². The average Bonchev–Trinajstić information content (AvgIpc) is 2.25. The Bertz CT molecular complexity index is 317. The molecule has 0 aromatic heterocycles. The molecule has 0 atom stereocenters.